The van der Waals surface area contributed by atoms with Crippen LogP contribution in [-0.2, 0) is 6.54 Å². The zero-order valence-corrected chi connectivity index (χ0v) is 13.5. The van der Waals surface area contributed by atoms with Gasteiger partial charge in [-0.2, -0.15) is 0 Å². The van der Waals surface area contributed by atoms with Crippen LogP contribution in [0.25, 0.3) is 0 Å². The molecule has 2 aromatic carbocycles. The number of ether oxygens (including phenoxy) is 1. The standard InChI is InChI=1S/C19H13N3O4/c23-19-15-4-3-11-20-18(15)26-17-6-2-1-5-16(17)21(19)12-13-7-9-14(10-8-13)22(24)25/h1-11H,12H2. The summed E-state index contributed by atoms with van der Waals surface area (Å²) >= 11 is 0. The van der Waals surface area contributed by atoms with E-state index < -0.39 is 4.92 Å². The molecule has 0 N–H and O–H groups in total. The number of non-ortho nitro benzene ring substituents is 1. The van der Waals surface area contributed by atoms with E-state index in [4.69, 9.17) is 4.74 Å². The number of para-hydroxylation sites is 2. The third-order valence-corrected chi connectivity index (χ3v) is 4.10. The summed E-state index contributed by atoms with van der Waals surface area (Å²) in [5.74, 6) is 0.549. The van der Waals surface area contributed by atoms with Crippen molar-refractivity contribution < 1.29 is 14.5 Å². The molecule has 0 saturated carbocycles. The van der Waals surface area contributed by atoms with E-state index >= 15 is 0 Å². The van der Waals surface area contributed by atoms with Crippen LogP contribution in [-0.4, -0.2) is 15.8 Å². The predicted octanol–water partition coefficient (Wildman–Crippen LogP) is 3.94. The third-order valence-electron chi connectivity index (χ3n) is 4.10. The zero-order valence-electron chi connectivity index (χ0n) is 13.5. The first-order chi connectivity index (χ1) is 12.6. The average Bonchev–Trinajstić information content (AvgIpc) is 2.78. The molecule has 0 fully saturated rings. The molecule has 2 heterocycles. The second-order valence-corrected chi connectivity index (χ2v) is 5.74. The van der Waals surface area contributed by atoms with Crippen LogP contribution in [0.2, 0.25) is 0 Å². The molecule has 4 rings (SSSR count). The number of nitro groups is 1. The first-order valence-corrected chi connectivity index (χ1v) is 7.90. The van der Waals surface area contributed by atoms with Crippen LogP contribution in [0.5, 0.6) is 11.6 Å². The molecule has 0 bridgehead atoms. The number of aromatic nitrogens is 1. The van der Waals surface area contributed by atoms with Crippen molar-refractivity contribution >= 4 is 17.3 Å². The molecule has 0 radical (unpaired) electrons. The fourth-order valence-electron chi connectivity index (χ4n) is 2.82. The van der Waals surface area contributed by atoms with Gasteiger partial charge in [0.25, 0.3) is 11.6 Å². The Labute approximate surface area is 148 Å². The van der Waals surface area contributed by atoms with Crippen molar-refractivity contribution in [1.82, 2.24) is 4.98 Å². The first-order valence-electron chi connectivity index (χ1n) is 7.90. The minimum absolute atomic E-state index is 0.00854. The zero-order chi connectivity index (χ0) is 18.1. The van der Waals surface area contributed by atoms with Gasteiger partial charge in [0, 0.05) is 18.3 Å². The fraction of sp³-hybridized carbons (Fsp3) is 0.0526. The summed E-state index contributed by atoms with van der Waals surface area (Å²) in [6.07, 6.45) is 1.57. The normalized spacial score (nSPS) is 12.6. The van der Waals surface area contributed by atoms with E-state index in [2.05, 4.69) is 4.98 Å². The molecule has 1 aliphatic heterocycles. The number of hydrogen-bond acceptors (Lipinski definition) is 5. The lowest BCUT2D eigenvalue weighted by molar-refractivity contribution is -0.384. The van der Waals surface area contributed by atoms with E-state index in [0.717, 1.165) is 5.56 Å². The Bertz CT molecular complexity index is 1000. The van der Waals surface area contributed by atoms with Gasteiger partial charge >= 0.3 is 0 Å². The van der Waals surface area contributed by atoms with Crippen LogP contribution in [0.1, 0.15) is 15.9 Å². The number of nitrogens with zero attached hydrogens (tertiary/aromatic N) is 3. The molecule has 0 atom stereocenters. The van der Waals surface area contributed by atoms with Crippen LogP contribution < -0.4 is 9.64 Å². The van der Waals surface area contributed by atoms with Gasteiger partial charge in [-0.1, -0.05) is 24.3 Å². The van der Waals surface area contributed by atoms with Crippen molar-refractivity contribution in [2.75, 3.05) is 4.90 Å². The molecular formula is C19H13N3O4. The summed E-state index contributed by atoms with van der Waals surface area (Å²) in [5, 5.41) is 10.8. The van der Waals surface area contributed by atoms with Crippen molar-refractivity contribution in [3.05, 3.63) is 88.1 Å². The maximum Gasteiger partial charge on any atom is 0.269 e. The summed E-state index contributed by atoms with van der Waals surface area (Å²) in [6.45, 7) is 0.255. The van der Waals surface area contributed by atoms with Crippen LogP contribution in [0, 0.1) is 10.1 Å². The third kappa shape index (κ3) is 2.75. The lowest BCUT2D eigenvalue weighted by atomic mass is 10.1. The number of carbonyl (C=O) groups excluding carboxylic acids is 1. The molecule has 3 aromatic rings. The van der Waals surface area contributed by atoms with Gasteiger partial charge in [0.15, 0.2) is 5.75 Å². The van der Waals surface area contributed by atoms with Gasteiger partial charge in [0.1, 0.15) is 5.56 Å². The number of carbonyl (C=O) groups is 1. The van der Waals surface area contributed by atoms with Crippen LogP contribution in [0.3, 0.4) is 0 Å². The summed E-state index contributed by atoms with van der Waals surface area (Å²) in [7, 11) is 0. The molecule has 7 heteroatoms. The summed E-state index contributed by atoms with van der Waals surface area (Å²) in [4.78, 5) is 29.2. The fourth-order valence-corrected chi connectivity index (χ4v) is 2.82. The van der Waals surface area contributed by atoms with E-state index in [1.165, 1.54) is 12.1 Å². The number of amides is 1. The minimum atomic E-state index is -0.452. The number of fused-ring (bicyclic) bond motifs is 2. The van der Waals surface area contributed by atoms with Crippen molar-refractivity contribution in [3.63, 3.8) is 0 Å². The SMILES string of the molecule is O=C1c2cccnc2Oc2ccccc2N1Cc1ccc([N+](=O)[O-])cc1. The number of nitro benzene ring substituents is 1. The van der Waals surface area contributed by atoms with Gasteiger partial charge in [-0.05, 0) is 29.8 Å². The molecule has 7 nitrogen and oxygen atoms in total. The molecule has 0 unspecified atom stereocenters. The Morgan fingerprint density at radius 3 is 2.58 bits per heavy atom. The minimum Gasteiger partial charge on any atom is -0.436 e. The average molecular weight is 347 g/mol. The smallest absolute Gasteiger partial charge is 0.269 e. The highest BCUT2D eigenvalue weighted by atomic mass is 16.6. The number of hydrogen-bond donors (Lipinski definition) is 0. The monoisotopic (exact) mass is 347 g/mol. The molecule has 0 aliphatic carbocycles. The van der Waals surface area contributed by atoms with E-state index in [1.807, 2.05) is 12.1 Å². The molecule has 1 aromatic heterocycles. The van der Waals surface area contributed by atoms with Gasteiger partial charge in [-0.15, -0.1) is 0 Å². The highest BCUT2D eigenvalue weighted by Crippen LogP contribution is 2.38. The Balaban J connectivity index is 1.76. The second kappa shape index (κ2) is 6.29. The maximum absolute atomic E-state index is 13.1. The molecule has 1 amide bonds. The molecular weight excluding hydrogens is 334 g/mol. The van der Waals surface area contributed by atoms with Gasteiger partial charge in [-0.3, -0.25) is 14.9 Å². The van der Waals surface area contributed by atoms with E-state index in [9.17, 15) is 14.9 Å². The highest BCUT2D eigenvalue weighted by molar-refractivity contribution is 6.09. The largest absolute Gasteiger partial charge is 0.436 e. The highest BCUT2D eigenvalue weighted by Gasteiger charge is 2.28. The van der Waals surface area contributed by atoms with E-state index in [1.54, 1.807) is 47.5 Å². The molecule has 26 heavy (non-hydrogen) atoms. The molecule has 1 aliphatic rings. The molecule has 0 spiro atoms. The van der Waals surface area contributed by atoms with Crippen molar-refractivity contribution in [3.8, 4) is 11.6 Å². The topological polar surface area (TPSA) is 85.6 Å². The number of benzene rings is 2. The summed E-state index contributed by atoms with van der Waals surface area (Å²) in [6, 6.07) is 16.7. The van der Waals surface area contributed by atoms with Gasteiger partial charge in [0.05, 0.1) is 17.2 Å². The van der Waals surface area contributed by atoms with Crippen LogP contribution >= 0.6 is 0 Å². The summed E-state index contributed by atoms with van der Waals surface area (Å²) in [5.41, 5.74) is 1.76. The Hall–Kier alpha value is -3.74. The van der Waals surface area contributed by atoms with E-state index in [0.29, 0.717) is 17.0 Å². The lowest BCUT2D eigenvalue weighted by Crippen LogP contribution is -2.29. The van der Waals surface area contributed by atoms with Crippen molar-refractivity contribution in [1.29, 1.82) is 0 Å². The molecule has 0 saturated heterocycles. The number of anilines is 1. The van der Waals surface area contributed by atoms with E-state index in [-0.39, 0.29) is 24.0 Å². The number of pyridine rings is 1. The lowest BCUT2D eigenvalue weighted by Gasteiger charge is -2.22. The summed E-state index contributed by atoms with van der Waals surface area (Å²) < 4.78 is 5.83. The Kier molecular flexibility index (Phi) is 3.81. The quantitative estimate of drug-likeness (QED) is 0.529. The maximum atomic E-state index is 13.1. The number of rotatable bonds is 3. The van der Waals surface area contributed by atoms with Crippen LogP contribution in [0.4, 0.5) is 11.4 Å². The first kappa shape index (κ1) is 15.8. The molecule has 128 valence electrons. The predicted molar refractivity (Wildman–Crippen MR) is 94.4 cm³/mol. The van der Waals surface area contributed by atoms with Gasteiger partial charge < -0.3 is 9.64 Å². The van der Waals surface area contributed by atoms with Gasteiger partial charge in [0.2, 0.25) is 5.88 Å². The van der Waals surface area contributed by atoms with Crippen LogP contribution in [0.15, 0.2) is 66.9 Å². The Morgan fingerprint density at radius 2 is 1.81 bits per heavy atom. The van der Waals surface area contributed by atoms with Gasteiger partial charge in [-0.25, -0.2) is 4.98 Å². The van der Waals surface area contributed by atoms with Crippen molar-refractivity contribution in [2.45, 2.75) is 6.54 Å². The second-order valence-electron chi connectivity index (χ2n) is 5.74. The Morgan fingerprint density at radius 1 is 1.04 bits per heavy atom. The van der Waals surface area contributed by atoms with Crippen molar-refractivity contribution in [2.24, 2.45) is 0 Å².